The fourth-order valence-corrected chi connectivity index (χ4v) is 2.14. The number of methoxy groups -OCH3 is 1. The molecule has 1 N–H and O–H groups in total. The van der Waals surface area contributed by atoms with Crippen molar-refractivity contribution < 1.29 is 18.7 Å². The van der Waals surface area contributed by atoms with Crippen LogP contribution >= 0.6 is 0 Å². The zero-order valence-electron chi connectivity index (χ0n) is 13.2. The lowest BCUT2D eigenvalue weighted by atomic mass is 10.1. The zero-order chi connectivity index (χ0) is 17.0. The van der Waals surface area contributed by atoms with Gasteiger partial charge in [0, 0.05) is 11.8 Å². The van der Waals surface area contributed by atoms with Gasteiger partial charge in [-0.2, -0.15) is 0 Å². The summed E-state index contributed by atoms with van der Waals surface area (Å²) in [6.45, 7) is 3.50. The third kappa shape index (κ3) is 3.97. The van der Waals surface area contributed by atoms with Crippen LogP contribution in [0.1, 0.15) is 41.6 Å². The Kier molecular flexibility index (Phi) is 5.16. The van der Waals surface area contributed by atoms with Crippen molar-refractivity contribution in [1.82, 2.24) is 4.98 Å². The van der Waals surface area contributed by atoms with Crippen LogP contribution in [0.5, 0.6) is 5.75 Å². The first kappa shape index (κ1) is 16.7. The highest BCUT2D eigenvalue weighted by molar-refractivity contribution is 5.89. The molecule has 1 heterocycles. The highest BCUT2D eigenvalue weighted by atomic mass is 19.1. The zero-order valence-corrected chi connectivity index (χ0v) is 13.2. The fraction of sp³-hybridized carbons (Fsp3) is 0.294. The van der Waals surface area contributed by atoms with Gasteiger partial charge in [-0.3, -0.25) is 4.79 Å². The summed E-state index contributed by atoms with van der Waals surface area (Å²) in [5, 5.41) is 0. The molecule has 1 aromatic heterocycles. The topological polar surface area (TPSA) is 68.4 Å². The molecule has 0 saturated heterocycles. The summed E-state index contributed by atoms with van der Waals surface area (Å²) in [5.41, 5.74) is 0.954. The number of carbonyl (C=O) groups is 1. The van der Waals surface area contributed by atoms with E-state index in [4.69, 9.17) is 9.47 Å². The van der Waals surface area contributed by atoms with Gasteiger partial charge in [0.05, 0.1) is 12.7 Å². The molecular formula is C17H18FNO4. The van der Waals surface area contributed by atoms with Gasteiger partial charge in [-0.25, -0.2) is 9.18 Å². The van der Waals surface area contributed by atoms with Crippen molar-refractivity contribution in [3.63, 3.8) is 0 Å². The number of aryl methyl sites for hydroxylation is 1. The van der Waals surface area contributed by atoms with Gasteiger partial charge in [-0.15, -0.1) is 0 Å². The molecular weight excluding hydrogens is 301 g/mol. The number of esters is 1. The third-order valence-electron chi connectivity index (χ3n) is 3.45. The number of aromatic nitrogens is 1. The Morgan fingerprint density at radius 1 is 1.30 bits per heavy atom. The van der Waals surface area contributed by atoms with Gasteiger partial charge in [0.25, 0.3) is 0 Å². The number of aromatic amines is 1. The Hall–Kier alpha value is -2.63. The molecule has 122 valence electrons. The largest absolute Gasteiger partial charge is 0.494 e. The van der Waals surface area contributed by atoms with Crippen molar-refractivity contribution in [2.45, 2.75) is 26.4 Å². The van der Waals surface area contributed by atoms with Crippen LogP contribution in [-0.4, -0.2) is 18.1 Å². The first-order valence-corrected chi connectivity index (χ1v) is 7.22. The van der Waals surface area contributed by atoms with Crippen molar-refractivity contribution >= 4 is 5.97 Å². The SMILES string of the molecule is CCc1cc(C(=O)O[C@@H](C)c2ccc(OC)c(F)c2)cc(=O)[nH]1. The summed E-state index contributed by atoms with van der Waals surface area (Å²) in [6, 6.07) is 7.10. The monoisotopic (exact) mass is 319 g/mol. The lowest BCUT2D eigenvalue weighted by molar-refractivity contribution is 0.0336. The number of ether oxygens (including phenoxy) is 2. The minimum absolute atomic E-state index is 0.120. The molecule has 0 saturated carbocycles. The van der Waals surface area contributed by atoms with E-state index >= 15 is 0 Å². The second-order valence-corrected chi connectivity index (χ2v) is 5.05. The van der Waals surface area contributed by atoms with Crippen molar-refractivity contribution in [2.24, 2.45) is 0 Å². The number of carbonyl (C=O) groups excluding carboxylic acids is 1. The predicted octanol–water partition coefficient (Wildman–Crippen LogP) is 3.00. The first-order chi connectivity index (χ1) is 10.9. The molecule has 0 radical (unpaired) electrons. The summed E-state index contributed by atoms with van der Waals surface area (Å²) in [6.07, 6.45) is -0.0671. The van der Waals surface area contributed by atoms with Crippen LogP contribution in [0.2, 0.25) is 0 Å². The Balaban J connectivity index is 2.18. The van der Waals surface area contributed by atoms with Crippen LogP contribution in [0.3, 0.4) is 0 Å². The van der Waals surface area contributed by atoms with Gasteiger partial charge in [-0.1, -0.05) is 13.0 Å². The van der Waals surface area contributed by atoms with Crippen LogP contribution in [0, 0.1) is 5.82 Å². The Bertz CT molecular complexity index is 769. The van der Waals surface area contributed by atoms with Crippen LogP contribution < -0.4 is 10.3 Å². The molecule has 0 aliphatic carbocycles. The van der Waals surface area contributed by atoms with Crippen LogP contribution in [0.4, 0.5) is 4.39 Å². The van der Waals surface area contributed by atoms with Crippen LogP contribution in [-0.2, 0) is 11.2 Å². The van der Waals surface area contributed by atoms with E-state index < -0.39 is 17.9 Å². The molecule has 0 bridgehead atoms. The molecule has 6 heteroatoms. The number of halogens is 1. The molecule has 2 rings (SSSR count). The summed E-state index contributed by atoms with van der Waals surface area (Å²) in [4.78, 5) is 26.3. The molecule has 0 unspecified atom stereocenters. The Labute approximate surface area is 133 Å². The normalized spacial score (nSPS) is 11.8. The number of benzene rings is 1. The third-order valence-corrected chi connectivity index (χ3v) is 3.45. The van der Waals surface area contributed by atoms with Gasteiger partial charge in [0.15, 0.2) is 11.6 Å². The van der Waals surface area contributed by atoms with Crippen LogP contribution in [0.15, 0.2) is 35.1 Å². The lowest BCUT2D eigenvalue weighted by Gasteiger charge is -2.14. The minimum Gasteiger partial charge on any atom is -0.494 e. The quantitative estimate of drug-likeness (QED) is 0.860. The van der Waals surface area contributed by atoms with Crippen molar-refractivity contribution in [3.05, 3.63) is 63.3 Å². The fourth-order valence-electron chi connectivity index (χ4n) is 2.14. The van der Waals surface area contributed by atoms with Gasteiger partial charge in [0.1, 0.15) is 6.10 Å². The van der Waals surface area contributed by atoms with E-state index in [1.165, 1.54) is 25.3 Å². The average Bonchev–Trinajstić information content (AvgIpc) is 2.53. The van der Waals surface area contributed by atoms with E-state index in [1.807, 2.05) is 6.92 Å². The maximum Gasteiger partial charge on any atom is 0.338 e. The maximum atomic E-state index is 13.7. The molecule has 2 aromatic rings. The number of rotatable bonds is 5. The van der Waals surface area contributed by atoms with Gasteiger partial charge < -0.3 is 14.5 Å². The summed E-state index contributed by atoms with van der Waals surface area (Å²) in [5.74, 6) is -1.04. The maximum absolute atomic E-state index is 13.7. The molecule has 1 atom stereocenters. The van der Waals surface area contributed by atoms with Crippen molar-refractivity contribution in [3.8, 4) is 5.75 Å². The van der Waals surface area contributed by atoms with Gasteiger partial charge in [0.2, 0.25) is 5.56 Å². The molecule has 23 heavy (non-hydrogen) atoms. The smallest absolute Gasteiger partial charge is 0.338 e. The molecule has 0 aliphatic heterocycles. The minimum atomic E-state index is -0.660. The highest BCUT2D eigenvalue weighted by Crippen LogP contribution is 2.24. The van der Waals surface area contributed by atoms with Crippen molar-refractivity contribution in [2.75, 3.05) is 7.11 Å². The van der Waals surface area contributed by atoms with Gasteiger partial charge in [-0.05, 0) is 37.1 Å². The second kappa shape index (κ2) is 7.09. The van der Waals surface area contributed by atoms with E-state index in [2.05, 4.69) is 4.98 Å². The average molecular weight is 319 g/mol. The number of hydrogen-bond acceptors (Lipinski definition) is 4. The molecule has 0 spiro atoms. The van der Waals surface area contributed by atoms with Crippen LogP contribution in [0.25, 0.3) is 0 Å². The van der Waals surface area contributed by atoms with Crippen molar-refractivity contribution in [1.29, 1.82) is 0 Å². The number of nitrogens with one attached hydrogen (secondary N) is 1. The number of pyridine rings is 1. The van der Waals surface area contributed by atoms with E-state index in [-0.39, 0.29) is 16.9 Å². The number of hydrogen-bond donors (Lipinski definition) is 1. The molecule has 5 nitrogen and oxygen atoms in total. The summed E-state index contributed by atoms with van der Waals surface area (Å²) in [7, 11) is 1.37. The highest BCUT2D eigenvalue weighted by Gasteiger charge is 2.16. The van der Waals surface area contributed by atoms with Gasteiger partial charge >= 0.3 is 5.97 Å². The van der Waals surface area contributed by atoms with E-state index in [1.54, 1.807) is 19.1 Å². The second-order valence-electron chi connectivity index (χ2n) is 5.05. The number of H-pyrrole nitrogens is 1. The molecule has 1 aromatic carbocycles. The molecule has 0 fully saturated rings. The molecule has 0 amide bonds. The Morgan fingerprint density at radius 3 is 2.65 bits per heavy atom. The summed E-state index contributed by atoms with van der Waals surface area (Å²) >= 11 is 0. The Morgan fingerprint density at radius 2 is 2.04 bits per heavy atom. The van der Waals surface area contributed by atoms with E-state index in [0.717, 1.165) is 0 Å². The lowest BCUT2D eigenvalue weighted by Crippen LogP contribution is -2.15. The first-order valence-electron chi connectivity index (χ1n) is 7.22. The standard InChI is InChI=1S/C17H18FNO4/c1-4-13-7-12(9-16(20)19-13)17(21)23-10(2)11-5-6-15(22-3)14(18)8-11/h5-10H,4H2,1-3H3,(H,19,20)/t10-/m0/s1. The predicted molar refractivity (Wildman–Crippen MR) is 83.2 cm³/mol. The summed E-state index contributed by atoms with van der Waals surface area (Å²) < 4.78 is 23.9. The molecule has 0 aliphatic rings. The van der Waals surface area contributed by atoms with E-state index in [0.29, 0.717) is 17.7 Å². The van der Waals surface area contributed by atoms with E-state index in [9.17, 15) is 14.0 Å².